The lowest BCUT2D eigenvalue weighted by molar-refractivity contribution is 0.233. The molecule has 0 aliphatic carbocycles. The summed E-state index contributed by atoms with van der Waals surface area (Å²) in [5.74, 6) is 1.29. The standard InChI is InChI=1S/C60H46N2O3/c1-40(62(53-33-20-32-52-50-29-17-18-34-56(50)65-60(52)53)54(45-23-11-6-12-24-45)39-44-21-9-5-10-22-44)37-55(63)42(3)48-35-36-57-59-49(30-19-31-51(48)59)43(4)58(64-57)38-41(2)61(46-25-13-7-14-26-46)47-27-15-8-16-28-47/h5-36,38-39,55,63H,1-4,37H2/b54-39+,58-38+. The van der Waals surface area contributed by atoms with Crippen LogP contribution in [0.2, 0.25) is 0 Å². The van der Waals surface area contributed by atoms with Crippen LogP contribution in [0.1, 0.15) is 28.7 Å². The van der Waals surface area contributed by atoms with Gasteiger partial charge in [-0.15, -0.1) is 0 Å². The summed E-state index contributed by atoms with van der Waals surface area (Å²) in [5.41, 5.74) is 11.6. The number of aliphatic hydroxyl groups excluding tert-OH is 1. The maximum absolute atomic E-state index is 12.3. The van der Waals surface area contributed by atoms with Crippen LogP contribution in [-0.2, 0) is 0 Å². The zero-order valence-corrected chi connectivity index (χ0v) is 35.9. The van der Waals surface area contributed by atoms with Gasteiger partial charge in [0.25, 0.3) is 0 Å². The van der Waals surface area contributed by atoms with Crippen molar-refractivity contribution in [2.24, 2.45) is 0 Å². The molecule has 1 atom stereocenters. The molecule has 0 radical (unpaired) electrons. The van der Waals surface area contributed by atoms with Gasteiger partial charge < -0.3 is 24.1 Å². The van der Waals surface area contributed by atoms with Crippen LogP contribution in [0.3, 0.4) is 0 Å². The third kappa shape index (κ3) is 7.75. The largest absolute Gasteiger partial charge is 0.456 e. The first kappa shape index (κ1) is 40.7. The minimum Gasteiger partial charge on any atom is -0.456 e. The van der Waals surface area contributed by atoms with Gasteiger partial charge in [0.15, 0.2) is 5.58 Å². The lowest BCUT2D eigenvalue weighted by atomic mass is 9.88. The molecular weight excluding hydrogens is 797 g/mol. The molecule has 5 nitrogen and oxygen atoms in total. The van der Waals surface area contributed by atoms with Crippen LogP contribution in [0.5, 0.6) is 5.75 Å². The Balaban J connectivity index is 0.997. The van der Waals surface area contributed by atoms with E-state index in [0.29, 0.717) is 22.8 Å². The van der Waals surface area contributed by atoms with E-state index in [-0.39, 0.29) is 6.42 Å². The number of allylic oxidation sites excluding steroid dienone is 2. The highest BCUT2D eigenvalue weighted by Crippen LogP contribution is 2.46. The Morgan fingerprint density at radius 3 is 1.92 bits per heavy atom. The fourth-order valence-electron chi connectivity index (χ4n) is 8.86. The number of para-hydroxylation sites is 4. The van der Waals surface area contributed by atoms with Crippen LogP contribution >= 0.6 is 0 Å². The van der Waals surface area contributed by atoms with E-state index in [4.69, 9.17) is 15.7 Å². The van der Waals surface area contributed by atoms with Gasteiger partial charge in [0.2, 0.25) is 0 Å². The molecule has 1 aliphatic heterocycles. The number of nitrogens with zero attached hydrogens (tertiary/aromatic N) is 2. The highest BCUT2D eigenvalue weighted by molar-refractivity contribution is 6.11. The van der Waals surface area contributed by atoms with Crippen molar-refractivity contribution >= 4 is 72.7 Å². The zero-order valence-electron chi connectivity index (χ0n) is 35.9. The number of hydrogen-bond donors (Lipinski definition) is 1. The molecule has 10 rings (SSSR count). The number of anilines is 3. The summed E-state index contributed by atoms with van der Waals surface area (Å²) in [4.78, 5) is 4.22. The SMILES string of the molecule is C=C1/C(=C\C(=C)N(c2ccccc2)c2ccccc2)Oc2ccc(C(=C)C(O)CC(=C)N(/C(=C/c3ccccc3)c3ccccc3)c3cccc4c3oc3ccccc34)c3cccc1c23. The van der Waals surface area contributed by atoms with E-state index < -0.39 is 6.10 Å². The second-order valence-electron chi connectivity index (χ2n) is 16.1. The van der Waals surface area contributed by atoms with Gasteiger partial charge in [0, 0.05) is 57.0 Å². The predicted octanol–water partition coefficient (Wildman–Crippen LogP) is 15.4. The fraction of sp³-hybridized carbons (Fsp3) is 0.0333. The first-order valence-corrected chi connectivity index (χ1v) is 21.7. The van der Waals surface area contributed by atoms with E-state index in [1.807, 2.05) is 127 Å². The average Bonchev–Trinajstić information content (AvgIpc) is 3.73. The second-order valence-corrected chi connectivity index (χ2v) is 16.1. The molecule has 65 heavy (non-hydrogen) atoms. The van der Waals surface area contributed by atoms with Crippen LogP contribution in [0.4, 0.5) is 17.1 Å². The van der Waals surface area contributed by atoms with E-state index in [1.165, 1.54) is 0 Å². The van der Waals surface area contributed by atoms with Gasteiger partial charge in [-0.2, -0.15) is 0 Å². The summed E-state index contributed by atoms with van der Waals surface area (Å²) >= 11 is 0. The smallest absolute Gasteiger partial charge is 0.159 e. The molecule has 0 bridgehead atoms. The van der Waals surface area contributed by atoms with E-state index in [0.717, 1.165) is 89.0 Å². The van der Waals surface area contributed by atoms with Crippen LogP contribution in [0.25, 0.3) is 55.6 Å². The van der Waals surface area contributed by atoms with Crippen LogP contribution in [0, 0.1) is 0 Å². The molecule has 0 amide bonds. The third-order valence-corrected chi connectivity index (χ3v) is 12.0. The first-order chi connectivity index (χ1) is 31.8. The van der Waals surface area contributed by atoms with Crippen LogP contribution in [-0.4, -0.2) is 11.2 Å². The molecule has 1 aromatic heterocycles. The Kier molecular flexibility index (Phi) is 10.9. The Morgan fingerprint density at radius 2 is 1.22 bits per heavy atom. The Hall–Kier alpha value is -8.38. The molecule has 1 N–H and O–H groups in total. The molecule has 0 saturated carbocycles. The highest BCUT2D eigenvalue weighted by Gasteiger charge is 2.28. The molecule has 1 unspecified atom stereocenters. The molecule has 1 aliphatic rings. The topological polar surface area (TPSA) is 49.1 Å². The summed E-state index contributed by atoms with van der Waals surface area (Å²) in [7, 11) is 0. The van der Waals surface area contributed by atoms with Gasteiger partial charge in [-0.25, -0.2) is 0 Å². The van der Waals surface area contributed by atoms with Gasteiger partial charge >= 0.3 is 0 Å². The minimum absolute atomic E-state index is 0.175. The number of fused-ring (bicyclic) bond motifs is 3. The number of aliphatic hydroxyl groups is 1. The van der Waals surface area contributed by atoms with Crippen molar-refractivity contribution in [1.82, 2.24) is 0 Å². The van der Waals surface area contributed by atoms with Crippen molar-refractivity contribution in [1.29, 1.82) is 0 Å². The molecule has 314 valence electrons. The monoisotopic (exact) mass is 842 g/mol. The highest BCUT2D eigenvalue weighted by atomic mass is 16.5. The zero-order chi connectivity index (χ0) is 44.4. The molecule has 0 fully saturated rings. The van der Waals surface area contributed by atoms with Crippen molar-refractivity contribution in [3.8, 4) is 5.75 Å². The number of ether oxygens (including phenoxy) is 1. The second kappa shape index (κ2) is 17.4. The molecule has 8 aromatic carbocycles. The number of hydrogen-bond acceptors (Lipinski definition) is 5. The van der Waals surface area contributed by atoms with Crippen molar-refractivity contribution in [3.05, 3.63) is 266 Å². The fourth-order valence-corrected chi connectivity index (χ4v) is 8.86. The quantitative estimate of drug-likeness (QED) is 0.117. The van der Waals surface area contributed by atoms with Gasteiger partial charge in [-0.05, 0) is 81.8 Å². The predicted molar refractivity (Wildman–Crippen MR) is 272 cm³/mol. The summed E-state index contributed by atoms with van der Waals surface area (Å²) in [6, 6.07) is 65.1. The summed E-state index contributed by atoms with van der Waals surface area (Å²) in [6.07, 6.45) is 3.27. The summed E-state index contributed by atoms with van der Waals surface area (Å²) in [6.45, 7) is 18.2. The molecule has 9 aromatic rings. The number of furan rings is 1. The first-order valence-electron chi connectivity index (χ1n) is 21.7. The van der Waals surface area contributed by atoms with E-state index in [9.17, 15) is 5.11 Å². The molecule has 2 heterocycles. The van der Waals surface area contributed by atoms with E-state index >= 15 is 0 Å². The van der Waals surface area contributed by atoms with Crippen LogP contribution in [0.15, 0.2) is 248 Å². The van der Waals surface area contributed by atoms with Crippen molar-refractivity contribution < 1.29 is 14.3 Å². The summed E-state index contributed by atoms with van der Waals surface area (Å²) < 4.78 is 13.3. The average molecular weight is 843 g/mol. The van der Waals surface area contributed by atoms with E-state index in [1.54, 1.807) is 0 Å². The van der Waals surface area contributed by atoms with E-state index in [2.05, 4.69) is 108 Å². The molecule has 0 saturated heterocycles. The van der Waals surface area contributed by atoms with Gasteiger partial charge in [0.1, 0.15) is 17.1 Å². The molecule has 5 heteroatoms. The number of rotatable bonds is 13. The Morgan fingerprint density at radius 1 is 0.615 bits per heavy atom. The third-order valence-electron chi connectivity index (χ3n) is 12.0. The van der Waals surface area contributed by atoms with Crippen molar-refractivity contribution in [2.75, 3.05) is 9.80 Å². The normalized spacial score (nSPS) is 13.5. The van der Waals surface area contributed by atoms with Gasteiger partial charge in [-0.1, -0.05) is 178 Å². The lowest BCUT2D eigenvalue weighted by Gasteiger charge is -2.32. The van der Waals surface area contributed by atoms with Gasteiger partial charge in [0.05, 0.1) is 17.5 Å². The van der Waals surface area contributed by atoms with Gasteiger partial charge in [-0.3, -0.25) is 0 Å². The molecule has 0 spiro atoms. The Labute approximate surface area is 379 Å². The maximum Gasteiger partial charge on any atom is 0.159 e. The Bertz CT molecular complexity index is 3310. The molecular formula is C60H46N2O3. The number of benzene rings is 8. The summed E-state index contributed by atoms with van der Waals surface area (Å²) in [5, 5.41) is 16.1. The maximum atomic E-state index is 12.3. The van der Waals surface area contributed by atoms with Crippen LogP contribution < -0.4 is 14.5 Å². The lowest BCUT2D eigenvalue weighted by Crippen LogP contribution is -2.24. The van der Waals surface area contributed by atoms with Crippen molar-refractivity contribution in [2.45, 2.75) is 12.5 Å². The van der Waals surface area contributed by atoms with Crippen molar-refractivity contribution in [3.63, 3.8) is 0 Å². The minimum atomic E-state index is -1.00.